The van der Waals surface area contributed by atoms with Crippen molar-refractivity contribution >= 4 is 57.2 Å². The number of hydrogen-bond donors (Lipinski definition) is 2. The Kier molecular flexibility index (Phi) is 5.98. The highest BCUT2D eigenvalue weighted by Gasteiger charge is 2.23. The lowest BCUT2D eigenvalue weighted by atomic mass is 10.2. The van der Waals surface area contributed by atoms with Crippen molar-refractivity contribution in [1.29, 1.82) is 0 Å². The molecule has 25 heavy (non-hydrogen) atoms. The average Bonchev–Trinajstić information content (AvgIpc) is 2.82. The molecule has 0 spiro atoms. The molecule has 134 valence electrons. The monoisotopic (exact) mass is 400 g/mol. The SMILES string of the molecule is Cc1cc(C(=O)OC(C)(C)C)c(NC(=O)Nc2c(Cl)cccc2Cl)s1. The number of aryl methyl sites for hydroxylation is 1. The van der Waals surface area contributed by atoms with E-state index in [1.807, 2.05) is 6.92 Å². The molecular weight excluding hydrogens is 383 g/mol. The molecule has 5 nitrogen and oxygen atoms in total. The van der Waals surface area contributed by atoms with Crippen molar-refractivity contribution in [2.75, 3.05) is 10.6 Å². The number of hydrogen-bond acceptors (Lipinski definition) is 4. The topological polar surface area (TPSA) is 67.4 Å². The first-order valence-electron chi connectivity index (χ1n) is 7.42. The molecule has 0 unspecified atom stereocenters. The van der Waals surface area contributed by atoms with Gasteiger partial charge in [-0.25, -0.2) is 9.59 Å². The largest absolute Gasteiger partial charge is 0.456 e. The summed E-state index contributed by atoms with van der Waals surface area (Å²) in [6, 6.07) is 6.03. The van der Waals surface area contributed by atoms with Crippen molar-refractivity contribution in [3.05, 3.63) is 44.8 Å². The molecule has 0 aliphatic rings. The number of nitrogens with one attached hydrogen (secondary N) is 2. The van der Waals surface area contributed by atoms with Gasteiger partial charge in [0.05, 0.1) is 21.3 Å². The maximum atomic E-state index is 12.3. The van der Waals surface area contributed by atoms with Gasteiger partial charge in [0.1, 0.15) is 10.6 Å². The van der Waals surface area contributed by atoms with Crippen molar-refractivity contribution in [3.63, 3.8) is 0 Å². The van der Waals surface area contributed by atoms with E-state index < -0.39 is 17.6 Å². The van der Waals surface area contributed by atoms with Crippen LogP contribution in [0.15, 0.2) is 24.3 Å². The van der Waals surface area contributed by atoms with Crippen molar-refractivity contribution in [2.45, 2.75) is 33.3 Å². The van der Waals surface area contributed by atoms with Gasteiger partial charge in [0.2, 0.25) is 0 Å². The van der Waals surface area contributed by atoms with Gasteiger partial charge < -0.3 is 10.1 Å². The van der Waals surface area contributed by atoms with E-state index in [0.717, 1.165) is 4.88 Å². The van der Waals surface area contributed by atoms with Crippen LogP contribution in [0.2, 0.25) is 10.0 Å². The number of anilines is 2. The Labute approximate surface area is 160 Å². The molecule has 8 heteroatoms. The minimum atomic E-state index is -0.627. The number of amides is 2. The Hall–Kier alpha value is -1.76. The molecule has 0 radical (unpaired) electrons. The molecule has 2 N–H and O–H groups in total. The zero-order valence-corrected chi connectivity index (χ0v) is 16.5. The van der Waals surface area contributed by atoms with Crippen molar-refractivity contribution in [1.82, 2.24) is 0 Å². The Morgan fingerprint density at radius 3 is 2.28 bits per heavy atom. The summed E-state index contributed by atoms with van der Waals surface area (Å²) < 4.78 is 5.37. The number of ether oxygens (including phenoxy) is 1. The third kappa shape index (κ3) is 5.36. The van der Waals surface area contributed by atoms with Crippen LogP contribution in [0.5, 0.6) is 0 Å². The Balaban J connectivity index is 2.18. The molecule has 0 saturated heterocycles. The van der Waals surface area contributed by atoms with Crippen LogP contribution in [0, 0.1) is 6.92 Å². The molecule has 2 amide bonds. The molecule has 0 aliphatic heterocycles. The summed E-state index contributed by atoms with van der Waals surface area (Å²) in [7, 11) is 0. The van der Waals surface area contributed by atoms with E-state index in [1.54, 1.807) is 45.0 Å². The second kappa shape index (κ2) is 7.64. The molecule has 1 aromatic heterocycles. The quantitative estimate of drug-likeness (QED) is 0.624. The van der Waals surface area contributed by atoms with Crippen LogP contribution in [0.1, 0.15) is 36.0 Å². The number of halogens is 2. The van der Waals surface area contributed by atoms with Gasteiger partial charge in [-0.2, -0.15) is 0 Å². The lowest BCUT2D eigenvalue weighted by Gasteiger charge is -2.19. The standard InChI is InChI=1S/C17H18Cl2N2O3S/c1-9-8-10(15(22)24-17(2,3)4)14(25-9)21-16(23)20-13-11(18)6-5-7-12(13)19/h5-8H,1-4H3,(H2,20,21,23). The van der Waals surface area contributed by atoms with Gasteiger partial charge >= 0.3 is 12.0 Å². The number of esters is 1. The first-order chi connectivity index (χ1) is 11.6. The second-order valence-electron chi connectivity index (χ2n) is 6.28. The summed E-state index contributed by atoms with van der Waals surface area (Å²) in [5.41, 5.74) is -0.0226. The van der Waals surface area contributed by atoms with Gasteiger partial charge in [-0.05, 0) is 45.9 Å². The number of urea groups is 1. The molecular formula is C17H18Cl2N2O3S. The zero-order chi connectivity index (χ0) is 18.8. The van der Waals surface area contributed by atoms with Crippen molar-refractivity contribution < 1.29 is 14.3 Å². The van der Waals surface area contributed by atoms with Gasteiger partial charge in [0.25, 0.3) is 0 Å². The number of carbonyl (C=O) groups excluding carboxylic acids is 2. The lowest BCUT2D eigenvalue weighted by molar-refractivity contribution is 0.00712. The van der Waals surface area contributed by atoms with E-state index >= 15 is 0 Å². The summed E-state index contributed by atoms with van der Waals surface area (Å²) in [5, 5.41) is 6.27. The van der Waals surface area contributed by atoms with E-state index in [0.29, 0.717) is 26.3 Å². The Morgan fingerprint density at radius 2 is 1.72 bits per heavy atom. The lowest BCUT2D eigenvalue weighted by Crippen LogP contribution is -2.25. The van der Waals surface area contributed by atoms with Crippen LogP contribution in [0.4, 0.5) is 15.5 Å². The van der Waals surface area contributed by atoms with E-state index in [4.69, 9.17) is 27.9 Å². The smallest absolute Gasteiger partial charge is 0.341 e. The van der Waals surface area contributed by atoms with Crippen LogP contribution in [-0.2, 0) is 4.74 Å². The fraction of sp³-hybridized carbons (Fsp3) is 0.294. The second-order valence-corrected chi connectivity index (χ2v) is 8.35. The third-order valence-corrected chi connectivity index (χ3v) is 4.50. The molecule has 2 aromatic rings. The van der Waals surface area contributed by atoms with Crippen LogP contribution in [-0.4, -0.2) is 17.6 Å². The predicted molar refractivity (Wildman–Crippen MR) is 103 cm³/mol. The molecule has 1 heterocycles. The molecule has 0 bridgehead atoms. The maximum absolute atomic E-state index is 12.3. The number of carbonyl (C=O) groups is 2. The van der Waals surface area contributed by atoms with Crippen LogP contribution < -0.4 is 10.6 Å². The number of benzene rings is 1. The average molecular weight is 401 g/mol. The highest BCUT2D eigenvalue weighted by atomic mass is 35.5. The highest BCUT2D eigenvalue weighted by Crippen LogP contribution is 2.32. The van der Waals surface area contributed by atoms with Gasteiger partial charge in [0, 0.05) is 4.88 Å². The molecule has 1 aromatic carbocycles. The van der Waals surface area contributed by atoms with Gasteiger partial charge in [-0.3, -0.25) is 5.32 Å². The summed E-state index contributed by atoms with van der Waals surface area (Å²) in [4.78, 5) is 25.5. The Morgan fingerprint density at radius 1 is 1.12 bits per heavy atom. The molecule has 0 atom stereocenters. The van der Waals surface area contributed by atoms with Crippen LogP contribution in [0.3, 0.4) is 0 Å². The van der Waals surface area contributed by atoms with Crippen molar-refractivity contribution in [3.8, 4) is 0 Å². The van der Waals surface area contributed by atoms with E-state index in [9.17, 15) is 9.59 Å². The molecule has 0 saturated carbocycles. The van der Waals surface area contributed by atoms with E-state index in [2.05, 4.69) is 10.6 Å². The Bertz CT molecular complexity index is 792. The minimum absolute atomic E-state index is 0.301. The molecule has 0 fully saturated rings. The molecule has 2 rings (SSSR count). The summed E-state index contributed by atoms with van der Waals surface area (Å²) in [6.45, 7) is 7.18. The van der Waals surface area contributed by atoms with E-state index in [-0.39, 0.29) is 0 Å². The fourth-order valence-corrected chi connectivity index (χ4v) is 3.34. The third-order valence-electron chi connectivity index (χ3n) is 2.90. The fourth-order valence-electron chi connectivity index (χ4n) is 1.96. The highest BCUT2D eigenvalue weighted by molar-refractivity contribution is 7.16. The van der Waals surface area contributed by atoms with Gasteiger partial charge in [-0.15, -0.1) is 11.3 Å². The summed E-state index contributed by atoms with van der Waals surface area (Å²) in [6.07, 6.45) is 0. The molecule has 0 aliphatic carbocycles. The van der Waals surface area contributed by atoms with E-state index in [1.165, 1.54) is 11.3 Å². The van der Waals surface area contributed by atoms with Crippen LogP contribution >= 0.6 is 34.5 Å². The normalized spacial score (nSPS) is 11.1. The number of rotatable bonds is 3. The number of para-hydroxylation sites is 1. The van der Waals surface area contributed by atoms with Crippen molar-refractivity contribution in [2.24, 2.45) is 0 Å². The summed E-state index contributed by atoms with van der Waals surface area (Å²) >= 11 is 13.4. The van der Waals surface area contributed by atoms with Crippen LogP contribution in [0.25, 0.3) is 0 Å². The number of thiophene rings is 1. The maximum Gasteiger partial charge on any atom is 0.341 e. The zero-order valence-electron chi connectivity index (χ0n) is 14.2. The first-order valence-corrected chi connectivity index (χ1v) is 9.00. The first kappa shape index (κ1) is 19.6. The van der Waals surface area contributed by atoms with Gasteiger partial charge in [0.15, 0.2) is 0 Å². The summed E-state index contributed by atoms with van der Waals surface area (Å²) in [5.74, 6) is -0.497. The predicted octanol–water partition coefficient (Wildman–Crippen LogP) is 5.96. The van der Waals surface area contributed by atoms with Gasteiger partial charge in [-0.1, -0.05) is 29.3 Å². The minimum Gasteiger partial charge on any atom is -0.456 e.